The third kappa shape index (κ3) is 3.09. The van der Waals surface area contributed by atoms with E-state index in [2.05, 4.69) is 28.6 Å². The molecule has 2 aliphatic rings. The quantitative estimate of drug-likeness (QED) is 0.812. The number of hydrogen-bond donors (Lipinski definition) is 0. The van der Waals surface area contributed by atoms with Gasteiger partial charge in [0, 0.05) is 36.1 Å². The van der Waals surface area contributed by atoms with Crippen LogP contribution < -0.4 is 4.90 Å². The normalized spacial score (nSPS) is 25.3. The van der Waals surface area contributed by atoms with E-state index in [1.54, 1.807) is 12.3 Å². The van der Waals surface area contributed by atoms with E-state index in [-0.39, 0.29) is 22.7 Å². The van der Waals surface area contributed by atoms with Gasteiger partial charge in [-0.1, -0.05) is 0 Å². The van der Waals surface area contributed by atoms with Gasteiger partial charge in [0.1, 0.15) is 11.6 Å². The number of nitrogens with zero attached hydrogens (tertiary/aromatic N) is 3. The summed E-state index contributed by atoms with van der Waals surface area (Å²) >= 11 is 0. The van der Waals surface area contributed by atoms with Gasteiger partial charge < -0.3 is 4.90 Å². The summed E-state index contributed by atoms with van der Waals surface area (Å²) in [6, 6.07) is 8.37. The molecule has 4 rings (SSSR count). The van der Waals surface area contributed by atoms with Gasteiger partial charge in [0.15, 0.2) is 0 Å². The molecule has 138 valence electrons. The molecule has 3 heterocycles. The van der Waals surface area contributed by atoms with Crippen LogP contribution in [0.4, 0.5) is 14.5 Å². The summed E-state index contributed by atoms with van der Waals surface area (Å²) in [6.07, 6.45) is 6.33. The second-order valence-electron chi connectivity index (χ2n) is 8.31. The molecule has 3 nitrogen and oxygen atoms in total. The lowest BCUT2D eigenvalue weighted by Crippen LogP contribution is -2.45. The second-order valence-corrected chi connectivity index (χ2v) is 8.31. The second kappa shape index (κ2) is 6.31. The molecule has 0 amide bonds. The summed E-state index contributed by atoms with van der Waals surface area (Å²) in [5, 5.41) is 0. The predicted octanol–water partition coefficient (Wildman–Crippen LogP) is 4.38. The maximum Gasteiger partial charge on any atom is 0.141 e. The van der Waals surface area contributed by atoms with Crippen LogP contribution in [-0.2, 0) is 6.54 Å². The summed E-state index contributed by atoms with van der Waals surface area (Å²) in [5.41, 5.74) is 2.04. The van der Waals surface area contributed by atoms with Crippen molar-refractivity contribution in [1.82, 2.24) is 9.88 Å². The highest BCUT2D eigenvalue weighted by Crippen LogP contribution is 2.47. The highest BCUT2D eigenvalue weighted by molar-refractivity contribution is 5.51. The van der Waals surface area contributed by atoms with Crippen molar-refractivity contribution in [2.24, 2.45) is 0 Å². The highest BCUT2D eigenvalue weighted by Gasteiger charge is 2.53. The molecule has 26 heavy (non-hydrogen) atoms. The Bertz CT molecular complexity index is 790. The Morgan fingerprint density at radius 2 is 1.85 bits per heavy atom. The number of anilines is 1. The minimum absolute atomic E-state index is 0.0133. The first kappa shape index (κ1) is 17.4. The highest BCUT2D eigenvalue weighted by atomic mass is 19.1. The van der Waals surface area contributed by atoms with Crippen LogP contribution in [0.1, 0.15) is 38.7 Å². The number of halogens is 2. The molecule has 0 saturated carbocycles. The van der Waals surface area contributed by atoms with Gasteiger partial charge in [-0.25, -0.2) is 8.78 Å². The molecule has 0 aliphatic carbocycles. The number of rotatable bonds is 3. The third-order valence-electron chi connectivity index (χ3n) is 5.96. The Kier molecular flexibility index (Phi) is 4.22. The largest absolute Gasteiger partial charge is 0.364 e. The Labute approximate surface area is 153 Å². The molecule has 0 radical (unpaired) electrons. The van der Waals surface area contributed by atoms with E-state index in [0.717, 1.165) is 50.1 Å². The minimum atomic E-state index is -0.282. The Morgan fingerprint density at radius 1 is 1.08 bits per heavy atom. The lowest BCUT2D eigenvalue weighted by Gasteiger charge is -2.35. The van der Waals surface area contributed by atoms with E-state index in [1.165, 1.54) is 18.3 Å². The molecule has 2 aliphatic heterocycles. The van der Waals surface area contributed by atoms with Gasteiger partial charge in [0.2, 0.25) is 0 Å². The molecule has 2 saturated heterocycles. The van der Waals surface area contributed by atoms with Crippen LogP contribution in [0.2, 0.25) is 0 Å². The van der Waals surface area contributed by atoms with Gasteiger partial charge in [-0.2, -0.15) is 0 Å². The first-order chi connectivity index (χ1) is 12.4. The summed E-state index contributed by atoms with van der Waals surface area (Å²) < 4.78 is 26.9. The Hall–Kier alpha value is -2.01. The van der Waals surface area contributed by atoms with Crippen LogP contribution in [0.5, 0.6) is 0 Å². The molecule has 1 aromatic carbocycles. The van der Waals surface area contributed by atoms with Crippen LogP contribution >= 0.6 is 0 Å². The van der Waals surface area contributed by atoms with E-state index < -0.39 is 0 Å². The van der Waals surface area contributed by atoms with Crippen molar-refractivity contribution < 1.29 is 8.78 Å². The zero-order valence-corrected chi connectivity index (χ0v) is 15.4. The topological polar surface area (TPSA) is 19.4 Å². The Balaban J connectivity index is 1.60. The van der Waals surface area contributed by atoms with E-state index in [1.807, 2.05) is 12.1 Å². The fraction of sp³-hybridized carbons (Fsp3) is 0.476. The lowest BCUT2D eigenvalue weighted by molar-refractivity contribution is 0.141. The van der Waals surface area contributed by atoms with Gasteiger partial charge in [0.05, 0.1) is 6.20 Å². The fourth-order valence-electron chi connectivity index (χ4n) is 4.91. The van der Waals surface area contributed by atoms with Crippen molar-refractivity contribution in [2.45, 2.75) is 50.7 Å². The molecule has 1 unspecified atom stereocenters. The van der Waals surface area contributed by atoms with Crippen LogP contribution in [0.3, 0.4) is 0 Å². The molecule has 1 atom stereocenters. The average Bonchev–Trinajstić information content (AvgIpc) is 3.08. The van der Waals surface area contributed by atoms with E-state index in [4.69, 9.17) is 0 Å². The molecule has 2 aromatic rings. The predicted molar refractivity (Wildman–Crippen MR) is 99.0 cm³/mol. The number of benzene rings is 1. The SMILES string of the molecule is CC1(C)CC2(CCCN2Cc2cncc(F)c2)CN1c1ccc(F)cc1. The van der Waals surface area contributed by atoms with E-state index in [9.17, 15) is 8.78 Å². The van der Waals surface area contributed by atoms with E-state index >= 15 is 0 Å². The number of likely N-dealkylation sites (tertiary alicyclic amines) is 1. The lowest BCUT2D eigenvalue weighted by atomic mass is 9.87. The summed E-state index contributed by atoms with van der Waals surface area (Å²) in [7, 11) is 0. The molecule has 1 spiro atoms. The molecule has 1 aromatic heterocycles. The van der Waals surface area contributed by atoms with E-state index in [0.29, 0.717) is 0 Å². The minimum Gasteiger partial charge on any atom is -0.364 e. The molecular formula is C21H25F2N3. The number of aromatic nitrogens is 1. The summed E-state index contributed by atoms with van der Waals surface area (Å²) in [5.74, 6) is -0.489. The molecule has 0 bridgehead atoms. The zero-order chi connectivity index (χ0) is 18.4. The third-order valence-corrected chi connectivity index (χ3v) is 5.96. The van der Waals surface area contributed by atoms with Gasteiger partial charge in [-0.05, 0) is 75.5 Å². The standard InChI is InChI=1S/C21H25F2N3/c1-20(2)14-21(15-26(20)19-6-4-17(22)5-7-19)8-3-9-25(21)13-16-10-18(23)12-24-11-16/h4-7,10-12H,3,8-9,13-15H2,1-2H3. The molecule has 2 fully saturated rings. The van der Waals surface area contributed by atoms with Gasteiger partial charge in [0.25, 0.3) is 0 Å². The van der Waals surface area contributed by atoms with Crippen LogP contribution in [0, 0.1) is 11.6 Å². The molecule has 5 heteroatoms. The van der Waals surface area contributed by atoms with Crippen molar-refractivity contribution in [3.05, 3.63) is 59.9 Å². The number of pyridine rings is 1. The van der Waals surface area contributed by atoms with Crippen molar-refractivity contribution in [3.8, 4) is 0 Å². The van der Waals surface area contributed by atoms with Crippen molar-refractivity contribution in [3.63, 3.8) is 0 Å². The summed E-state index contributed by atoms with van der Waals surface area (Å²) in [4.78, 5) is 8.89. The monoisotopic (exact) mass is 357 g/mol. The average molecular weight is 357 g/mol. The Morgan fingerprint density at radius 3 is 2.58 bits per heavy atom. The van der Waals surface area contributed by atoms with Crippen LogP contribution in [0.25, 0.3) is 0 Å². The first-order valence-electron chi connectivity index (χ1n) is 9.26. The van der Waals surface area contributed by atoms with Crippen LogP contribution in [-0.4, -0.2) is 34.1 Å². The zero-order valence-electron chi connectivity index (χ0n) is 15.4. The smallest absolute Gasteiger partial charge is 0.141 e. The fourth-order valence-corrected chi connectivity index (χ4v) is 4.91. The maximum absolute atomic E-state index is 13.5. The molecular weight excluding hydrogens is 332 g/mol. The maximum atomic E-state index is 13.5. The van der Waals surface area contributed by atoms with Gasteiger partial charge >= 0.3 is 0 Å². The van der Waals surface area contributed by atoms with Gasteiger partial charge in [-0.15, -0.1) is 0 Å². The molecule has 0 N–H and O–H groups in total. The first-order valence-corrected chi connectivity index (χ1v) is 9.26. The number of hydrogen-bond acceptors (Lipinski definition) is 3. The van der Waals surface area contributed by atoms with Crippen molar-refractivity contribution >= 4 is 5.69 Å². The van der Waals surface area contributed by atoms with Crippen molar-refractivity contribution in [2.75, 3.05) is 18.0 Å². The van der Waals surface area contributed by atoms with Crippen LogP contribution in [0.15, 0.2) is 42.7 Å². The summed E-state index contributed by atoms with van der Waals surface area (Å²) in [6.45, 7) is 7.16. The van der Waals surface area contributed by atoms with Crippen molar-refractivity contribution in [1.29, 1.82) is 0 Å². The van der Waals surface area contributed by atoms with Gasteiger partial charge in [-0.3, -0.25) is 9.88 Å².